The normalized spacial score (nSPS) is 16.8. The van der Waals surface area contributed by atoms with Gasteiger partial charge in [-0.15, -0.1) is 0 Å². The molecule has 2 aliphatic rings. The van der Waals surface area contributed by atoms with Crippen molar-refractivity contribution in [2.75, 3.05) is 25.1 Å². The maximum absolute atomic E-state index is 13.7. The maximum Gasteiger partial charge on any atom is 0.280 e. The highest BCUT2D eigenvalue weighted by Crippen LogP contribution is 2.54. The van der Waals surface area contributed by atoms with E-state index < -0.39 is 0 Å². The van der Waals surface area contributed by atoms with Crippen molar-refractivity contribution in [2.45, 2.75) is 26.2 Å². The number of hydrogen-bond acceptors (Lipinski definition) is 4. The summed E-state index contributed by atoms with van der Waals surface area (Å²) in [7, 11) is 1.64. The van der Waals surface area contributed by atoms with E-state index in [4.69, 9.17) is 9.72 Å². The number of ether oxygens (including phenoxy) is 1. The van der Waals surface area contributed by atoms with Gasteiger partial charge in [-0.25, -0.2) is 4.98 Å². The minimum atomic E-state index is -0.0820. The first-order chi connectivity index (χ1) is 15.6. The molecule has 0 radical (unpaired) electrons. The van der Waals surface area contributed by atoms with Gasteiger partial charge >= 0.3 is 0 Å². The van der Waals surface area contributed by atoms with Gasteiger partial charge in [0.2, 0.25) is 0 Å². The summed E-state index contributed by atoms with van der Waals surface area (Å²) in [6.07, 6.45) is 3.83. The summed E-state index contributed by atoms with van der Waals surface area (Å²) >= 11 is 0. The monoisotopic (exact) mass is 426 g/mol. The predicted molar refractivity (Wildman–Crippen MR) is 126 cm³/mol. The number of methoxy groups -OCH3 is 1. The van der Waals surface area contributed by atoms with Gasteiger partial charge in [0, 0.05) is 18.7 Å². The van der Waals surface area contributed by atoms with Crippen LogP contribution in [0, 0.1) is 12.3 Å². The number of hydrogen-bond donors (Lipinski definition) is 1. The maximum atomic E-state index is 13.7. The smallest absolute Gasteiger partial charge is 0.280 e. The molecular weight excluding hydrogens is 400 g/mol. The Kier molecular flexibility index (Phi) is 4.18. The summed E-state index contributed by atoms with van der Waals surface area (Å²) in [5, 5.41) is 3.41. The van der Waals surface area contributed by atoms with E-state index in [1.807, 2.05) is 49.4 Å². The molecule has 0 atom stereocenters. The first kappa shape index (κ1) is 19.2. The van der Waals surface area contributed by atoms with Crippen LogP contribution in [0.3, 0.4) is 0 Å². The molecule has 1 saturated carbocycles. The summed E-state index contributed by atoms with van der Waals surface area (Å²) in [5.41, 5.74) is 6.35. The van der Waals surface area contributed by atoms with Crippen LogP contribution in [-0.4, -0.2) is 34.8 Å². The standard InChI is InChI=1S/C26H26N4O2/c1-17-21(18-8-10-20(32-2)11-9-18)25(31)30-24(27-17)23(29-15-14-26(16-29)12-13-26)22(28-30)19-6-4-3-5-7-19/h3-11,28H,12-16H2,1-2H3. The number of aromatic nitrogens is 3. The molecule has 6 nitrogen and oxygen atoms in total. The Morgan fingerprint density at radius 1 is 1.00 bits per heavy atom. The molecular formula is C26H26N4O2. The topological polar surface area (TPSA) is 62.6 Å². The Morgan fingerprint density at radius 2 is 1.75 bits per heavy atom. The van der Waals surface area contributed by atoms with Gasteiger partial charge in [0.1, 0.15) is 11.4 Å². The van der Waals surface area contributed by atoms with Crippen LogP contribution in [0.4, 0.5) is 5.69 Å². The lowest BCUT2D eigenvalue weighted by molar-refractivity contribution is 0.415. The molecule has 162 valence electrons. The second-order valence-electron chi connectivity index (χ2n) is 9.14. The molecule has 2 aromatic heterocycles. The van der Waals surface area contributed by atoms with Gasteiger partial charge in [0.25, 0.3) is 5.56 Å². The third-order valence-corrected chi connectivity index (χ3v) is 7.09. The van der Waals surface area contributed by atoms with Gasteiger partial charge in [-0.05, 0) is 49.3 Å². The lowest BCUT2D eigenvalue weighted by Gasteiger charge is -2.19. The highest BCUT2D eigenvalue weighted by molar-refractivity contribution is 5.87. The van der Waals surface area contributed by atoms with Crippen molar-refractivity contribution in [3.63, 3.8) is 0 Å². The molecule has 2 fully saturated rings. The summed E-state index contributed by atoms with van der Waals surface area (Å²) in [5.74, 6) is 0.761. The van der Waals surface area contributed by atoms with Gasteiger partial charge in [0.05, 0.1) is 24.1 Å². The Labute approximate surface area is 186 Å². The number of aromatic amines is 1. The molecule has 3 heterocycles. The van der Waals surface area contributed by atoms with Gasteiger partial charge in [-0.1, -0.05) is 42.5 Å². The molecule has 1 aliphatic carbocycles. The molecule has 1 saturated heterocycles. The summed E-state index contributed by atoms with van der Waals surface area (Å²) in [6, 6.07) is 17.8. The zero-order valence-electron chi connectivity index (χ0n) is 18.4. The van der Waals surface area contributed by atoms with Crippen LogP contribution in [0.5, 0.6) is 5.75 Å². The molecule has 0 bridgehead atoms. The van der Waals surface area contributed by atoms with E-state index in [0.717, 1.165) is 47.0 Å². The van der Waals surface area contributed by atoms with Crippen LogP contribution in [0.25, 0.3) is 28.0 Å². The Hall–Kier alpha value is -3.54. The molecule has 6 heteroatoms. The molecule has 1 aliphatic heterocycles. The van der Waals surface area contributed by atoms with Crippen molar-refractivity contribution in [3.8, 4) is 28.1 Å². The average Bonchev–Trinajstić information content (AvgIpc) is 3.28. The average molecular weight is 427 g/mol. The van der Waals surface area contributed by atoms with Crippen LogP contribution in [0.15, 0.2) is 59.4 Å². The number of rotatable bonds is 4. The van der Waals surface area contributed by atoms with Crippen molar-refractivity contribution < 1.29 is 4.74 Å². The van der Waals surface area contributed by atoms with E-state index >= 15 is 0 Å². The van der Waals surface area contributed by atoms with Crippen LogP contribution >= 0.6 is 0 Å². The van der Waals surface area contributed by atoms with Crippen LogP contribution in [0.2, 0.25) is 0 Å². The fourth-order valence-corrected chi connectivity index (χ4v) is 5.07. The number of benzene rings is 2. The molecule has 6 rings (SSSR count). The highest BCUT2D eigenvalue weighted by Gasteiger charge is 2.48. The van der Waals surface area contributed by atoms with E-state index in [2.05, 4.69) is 22.1 Å². The number of nitrogens with one attached hydrogen (secondary N) is 1. The van der Waals surface area contributed by atoms with Gasteiger partial charge in [-0.2, -0.15) is 4.52 Å². The van der Waals surface area contributed by atoms with E-state index in [-0.39, 0.29) is 5.56 Å². The van der Waals surface area contributed by atoms with E-state index in [1.54, 1.807) is 11.6 Å². The molecule has 2 aromatic carbocycles. The molecule has 0 amide bonds. The number of fused-ring (bicyclic) bond motifs is 1. The van der Waals surface area contributed by atoms with Crippen LogP contribution in [-0.2, 0) is 0 Å². The number of H-pyrrole nitrogens is 1. The predicted octanol–water partition coefficient (Wildman–Crippen LogP) is 4.66. The van der Waals surface area contributed by atoms with Crippen molar-refractivity contribution in [1.82, 2.24) is 14.6 Å². The van der Waals surface area contributed by atoms with Crippen molar-refractivity contribution in [1.29, 1.82) is 0 Å². The van der Waals surface area contributed by atoms with Gasteiger partial charge < -0.3 is 9.64 Å². The van der Waals surface area contributed by atoms with Crippen molar-refractivity contribution >= 4 is 11.3 Å². The van der Waals surface area contributed by atoms with E-state index in [0.29, 0.717) is 16.6 Å². The first-order valence-electron chi connectivity index (χ1n) is 11.2. The fraction of sp³-hybridized carbons (Fsp3) is 0.308. The van der Waals surface area contributed by atoms with E-state index in [1.165, 1.54) is 19.3 Å². The SMILES string of the molecule is COc1ccc(-c2c(C)nc3c(N4CCC5(CC5)C4)c(-c4ccccc4)[nH]n3c2=O)cc1. The van der Waals surface area contributed by atoms with Crippen molar-refractivity contribution in [3.05, 3.63) is 70.6 Å². The summed E-state index contributed by atoms with van der Waals surface area (Å²) in [6.45, 7) is 3.96. The second kappa shape index (κ2) is 6.99. The third-order valence-electron chi connectivity index (χ3n) is 7.09. The number of aryl methyl sites for hydroxylation is 1. The summed E-state index contributed by atoms with van der Waals surface area (Å²) in [4.78, 5) is 21.1. The molecule has 1 spiro atoms. The molecule has 1 N–H and O–H groups in total. The first-order valence-corrected chi connectivity index (χ1v) is 11.2. The second-order valence-corrected chi connectivity index (χ2v) is 9.14. The minimum Gasteiger partial charge on any atom is -0.497 e. The van der Waals surface area contributed by atoms with Crippen LogP contribution in [0.1, 0.15) is 25.0 Å². The zero-order chi connectivity index (χ0) is 21.9. The zero-order valence-corrected chi connectivity index (χ0v) is 18.4. The van der Waals surface area contributed by atoms with Gasteiger partial charge in [0.15, 0.2) is 5.65 Å². The molecule has 4 aromatic rings. The van der Waals surface area contributed by atoms with Gasteiger partial charge in [-0.3, -0.25) is 9.89 Å². The lowest BCUT2D eigenvalue weighted by Crippen LogP contribution is -2.22. The van der Waals surface area contributed by atoms with Crippen LogP contribution < -0.4 is 15.2 Å². The third kappa shape index (κ3) is 2.93. The molecule has 0 unspecified atom stereocenters. The molecule has 32 heavy (non-hydrogen) atoms. The fourth-order valence-electron chi connectivity index (χ4n) is 5.07. The quantitative estimate of drug-likeness (QED) is 0.515. The largest absolute Gasteiger partial charge is 0.497 e. The highest BCUT2D eigenvalue weighted by atomic mass is 16.5. The number of nitrogens with zero attached hydrogens (tertiary/aromatic N) is 3. The Bertz CT molecular complexity index is 1370. The van der Waals surface area contributed by atoms with E-state index in [9.17, 15) is 4.79 Å². The Morgan fingerprint density at radius 3 is 2.41 bits per heavy atom. The lowest BCUT2D eigenvalue weighted by atomic mass is 10.1. The minimum absolute atomic E-state index is 0.0820. The van der Waals surface area contributed by atoms with Crippen molar-refractivity contribution in [2.24, 2.45) is 5.41 Å². The number of anilines is 1. The summed E-state index contributed by atoms with van der Waals surface area (Å²) < 4.78 is 6.90. The Balaban J connectivity index is 1.57.